The van der Waals surface area contributed by atoms with Crippen molar-refractivity contribution in [1.29, 1.82) is 0 Å². The zero-order valence-electron chi connectivity index (χ0n) is 30.0. The normalized spacial score (nSPS) is 14.6. The molecule has 5 nitrogen and oxygen atoms in total. The van der Waals surface area contributed by atoms with E-state index in [0.717, 1.165) is 83.4 Å². The molecule has 3 heterocycles. The molecule has 2 aromatic heterocycles. The topological polar surface area (TPSA) is 63.0 Å². The van der Waals surface area contributed by atoms with Gasteiger partial charge in [0.2, 0.25) is 0 Å². The smallest absolute Gasteiger partial charge is 0.169 e. The fourth-order valence-corrected chi connectivity index (χ4v) is 8.68. The minimum absolute atomic E-state index is 0.492. The Balaban J connectivity index is 0.989. The third kappa shape index (κ3) is 4.74. The molecule has 262 valence electrons. The number of fused-ring (bicyclic) bond motifs is 12. The summed E-state index contributed by atoms with van der Waals surface area (Å²) in [6, 6.07) is 61.7. The molecule has 0 aliphatic carbocycles. The first-order valence-corrected chi connectivity index (χ1v) is 18.9. The predicted octanol–water partition coefficient (Wildman–Crippen LogP) is 13.1. The summed E-state index contributed by atoms with van der Waals surface area (Å²) in [5, 5.41) is 15.4. The van der Waals surface area contributed by atoms with Crippen LogP contribution in [0.3, 0.4) is 0 Å². The Kier molecular flexibility index (Phi) is 6.63. The molecule has 1 aliphatic rings. The summed E-state index contributed by atoms with van der Waals surface area (Å²) in [6.45, 7) is 0. The Bertz CT molecular complexity index is 3430. The molecule has 56 heavy (non-hydrogen) atoms. The first-order valence-electron chi connectivity index (χ1n) is 18.9. The van der Waals surface area contributed by atoms with Crippen molar-refractivity contribution in [3.63, 3.8) is 0 Å². The molecule has 1 N–H and O–H groups in total. The van der Waals surface area contributed by atoms with Crippen LogP contribution < -0.4 is 5.32 Å². The van der Waals surface area contributed by atoms with Crippen molar-refractivity contribution in [3.05, 3.63) is 193 Å². The van der Waals surface area contributed by atoms with Crippen molar-refractivity contribution in [2.75, 3.05) is 0 Å². The molecule has 9 aromatic carbocycles. The zero-order valence-corrected chi connectivity index (χ0v) is 30.0. The first kappa shape index (κ1) is 30.9. The SMILES string of the molecule is c1ccc(C2=NC(c3ccc4c(c3)oc3cccc(-c5ccc6c7ccccc7c7ccccc7c6c5)c34)N=C(c3ccc4c(c3)oc3ccccc34)N2)cc1. The van der Waals surface area contributed by atoms with Crippen molar-refractivity contribution in [2.45, 2.75) is 6.17 Å². The van der Waals surface area contributed by atoms with Gasteiger partial charge in [-0.25, -0.2) is 9.98 Å². The van der Waals surface area contributed by atoms with Gasteiger partial charge < -0.3 is 14.2 Å². The minimum atomic E-state index is -0.492. The average molecular weight is 718 g/mol. The van der Waals surface area contributed by atoms with E-state index in [4.69, 9.17) is 18.8 Å². The summed E-state index contributed by atoms with van der Waals surface area (Å²) in [7, 11) is 0. The molecule has 0 saturated carbocycles. The maximum Gasteiger partial charge on any atom is 0.169 e. The Labute approximate surface area is 320 Å². The monoisotopic (exact) mass is 717 g/mol. The van der Waals surface area contributed by atoms with E-state index in [9.17, 15) is 0 Å². The van der Waals surface area contributed by atoms with Crippen LogP contribution in [0.2, 0.25) is 0 Å². The van der Waals surface area contributed by atoms with Crippen molar-refractivity contribution in [3.8, 4) is 11.1 Å². The van der Waals surface area contributed by atoms with Gasteiger partial charge in [0.25, 0.3) is 0 Å². The highest BCUT2D eigenvalue weighted by Crippen LogP contribution is 2.42. The average Bonchev–Trinajstić information content (AvgIpc) is 3.84. The van der Waals surface area contributed by atoms with Gasteiger partial charge in [-0.3, -0.25) is 0 Å². The quantitative estimate of drug-likeness (QED) is 0.184. The molecule has 11 aromatic rings. The van der Waals surface area contributed by atoms with Crippen molar-refractivity contribution < 1.29 is 8.83 Å². The lowest BCUT2D eigenvalue weighted by Gasteiger charge is -2.22. The molecule has 5 heteroatoms. The third-order valence-electron chi connectivity index (χ3n) is 11.3. The standard InChI is InChI=1S/C51H31N3O2/c1-2-11-30(12-3-1)49-52-50(32-22-25-41-40-17-8-9-19-44(40)55-46(41)28-32)54-51(53-49)33-23-26-42-47(29-33)56-45-20-10-18-34(48(42)45)31-21-24-39-37-15-5-4-13-35(37)36-14-6-7-16-38(36)43(39)27-31/h1-29,51H,(H,52,53,54). The fraction of sp³-hybridized carbons (Fsp3) is 0.0196. The minimum Gasteiger partial charge on any atom is -0.456 e. The maximum atomic E-state index is 6.64. The number of hydrogen-bond acceptors (Lipinski definition) is 5. The Morgan fingerprint density at radius 3 is 1.70 bits per heavy atom. The summed E-state index contributed by atoms with van der Waals surface area (Å²) in [4.78, 5) is 10.3. The number of hydrogen-bond donors (Lipinski definition) is 1. The zero-order chi connectivity index (χ0) is 36.7. The van der Waals surface area contributed by atoms with Crippen LogP contribution in [0.4, 0.5) is 0 Å². The highest BCUT2D eigenvalue weighted by atomic mass is 16.3. The van der Waals surface area contributed by atoms with Gasteiger partial charge in [-0.2, -0.15) is 0 Å². The summed E-state index contributed by atoms with van der Waals surface area (Å²) in [5.41, 5.74) is 8.49. The molecular formula is C51H31N3O2. The molecule has 1 atom stereocenters. The van der Waals surface area contributed by atoms with Crippen LogP contribution >= 0.6 is 0 Å². The van der Waals surface area contributed by atoms with E-state index in [0.29, 0.717) is 0 Å². The molecule has 0 amide bonds. The first-order chi connectivity index (χ1) is 27.7. The molecule has 0 spiro atoms. The van der Waals surface area contributed by atoms with Gasteiger partial charge in [0.05, 0.1) is 0 Å². The van der Waals surface area contributed by atoms with E-state index >= 15 is 0 Å². The van der Waals surface area contributed by atoms with Crippen LogP contribution in [0.1, 0.15) is 22.9 Å². The lowest BCUT2D eigenvalue weighted by Crippen LogP contribution is -2.36. The molecule has 0 bridgehead atoms. The van der Waals surface area contributed by atoms with Gasteiger partial charge in [-0.15, -0.1) is 0 Å². The highest BCUT2D eigenvalue weighted by Gasteiger charge is 2.23. The molecule has 0 radical (unpaired) electrons. The Morgan fingerprint density at radius 1 is 0.357 bits per heavy atom. The van der Waals surface area contributed by atoms with E-state index in [1.165, 1.54) is 32.3 Å². The van der Waals surface area contributed by atoms with Crippen molar-refractivity contribution in [1.82, 2.24) is 5.32 Å². The summed E-state index contributed by atoms with van der Waals surface area (Å²) in [6.07, 6.45) is -0.492. The molecular weight excluding hydrogens is 687 g/mol. The van der Waals surface area contributed by atoms with E-state index in [1.807, 2.05) is 36.4 Å². The molecule has 0 saturated heterocycles. The molecule has 1 aliphatic heterocycles. The molecule has 0 fully saturated rings. The van der Waals surface area contributed by atoms with Gasteiger partial charge in [-0.1, -0.05) is 140 Å². The van der Waals surface area contributed by atoms with Crippen LogP contribution in [0.15, 0.2) is 195 Å². The van der Waals surface area contributed by atoms with Gasteiger partial charge >= 0.3 is 0 Å². The lowest BCUT2D eigenvalue weighted by molar-refractivity contribution is 0.665. The van der Waals surface area contributed by atoms with Crippen molar-refractivity contribution >= 4 is 87.9 Å². The lowest BCUT2D eigenvalue weighted by atomic mass is 9.91. The van der Waals surface area contributed by atoms with Crippen LogP contribution in [-0.4, -0.2) is 11.7 Å². The Hall–Kier alpha value is -7.50. The fourth-order valence-electron chi connectivity index (χ4n) is 8.68. The molecule has 12 rings (SSSR count). The number of furan rings is 2. The second-order valence-corrected chi connectivity index (χ2v) is 14.5. The number of nitrogens with zero attached hydrogens (tertiary/aromatic N) is 2. The van der Waals surface area contributed by atoms with Gasteiger partial charge in [0.1, 0.15) is 34.0 Å². The van der Waals surface area contributed by atoms with Crippen LogP contribution in [-0.2, 0) is 0 Å². The summed E-state index contributed by atoms with van der Waals surface area (Å²) >= 11 is 0. The van der Waals surface area contributed by atoms with Crippen molar-refractivity contribution in [2.24, 2.45) is 9.98 Å². The number of para-hydroxylation sites is 1. The second kappa shape index (κ2) is 12.0. The van der Waals surface area contributed by atoms with Gasteiger partial charge in [0.15, 0.2) is 6.17 Å². The number of amidine groups is 2. The highest BCUT2D eigenvalue weighted by molar-refractivity contribution is 6.26. The summed E-state index contributed by atoms with van der Waals surface area (Å²) in [5.74, 6) is 1.49. The third-order valence-corrected chi connectivity index (χ3v) is 11.3. The van der Waals surface area contributed by atoms with Gasteiger partial charge in [0, 0.05) is 38.2 Å². The van der Waals surface area contributed by atoms with E-state index in [1.54, 1.807) is 0 Å². The van der Waals surface area contributed by atoms with Crippen LogP contribution in [0.25, 0.3) is 87.3 Å². The van der Waals surface area contributed by atoms with Gasteiger partial charge in [-0.05, 0) is 79.8 Å². The second-order valence-electron chi connectivity index (χ2n) is 14.5. The summed E-state index contributed by atoms with van der Waals surface area (Å²) < 4.78 is 12.9. The maximum absolute atomic E-state index is 6.64. The number of nitrogens with one attached hydrogen (secondary N) is 1. The predicted molar refractivity (Wildman–Crippen MR) is 231 cm³/mol. The largest absolute Gasteiger partial charge is 0.456 e. The number of benzene rings is 9. The van der Waals surface area contributed by atoms with Crippen LogP contribution in [0, 0.1) is 0 Å². The Morgan fingerprint density at radius 2 is 0.911 bits per heavy atom. The number of aliphatic imine (C=N–C) groups is 2. The van der Waals surface area contributed by atoms with E-state index in [-0.39, 0.29) is 0 Å². The van der Waals surface area contributed by atoms with Crippen LogP contribution in [0.5, 0.6) is 0 Å². The molecule has 1 unspecified atom stereocenters. The number of rotatable bonds is 4. The van der Waals surface area contributed by atoms with E-state index < -0.39 is 6.17 Å². The van der Waals surface area contributed by atoms with E-state index in [2.05, 4.69) is 145 Å².